The molecule has 8 rings (SSSR count). The monoisotopic (exact) mass is 1120 g/mol. The molecule has 438 valence electrons. The van der Waals surface area contributed by atoms with E-state index in [0.29, 0.717) is 5.92 Å². The van der Waals surface area contributed by atoms with Crippen molar-refractivity contribution in [1.29, 1.82) is 0 Å². The van der Waals surface area contributed by atoms with Crippen LogP contribution in [0, 0.1) is 12.8 Å². The minimum absolute atomic E-state index is 0.497. The lowest BCUT2D eigenvalue weighted by molar-refractivity contribution is 0.705. The Morgan fingerprint density at radius 1 is 0.624 bits per heavy atom. The molecule has 0 saturated heterocycles. The lowest BCUT2D eigenvalue weighted by Crippen LogP contribution is -2.16. The van der Waals surface area contributed by atoms with E-state index in [1.165, 1.54) is 88.7 Å². The summed E-state index contributed by atoms with van der Waals surface area (Å²) >= 11 is 0. The zero-order valence-electron chi connectivity index (χ0n) is 53.3. The van der Waals surface area contributed by atoms with Gasteiger partial charge in [0, 0.05) is 17.8 Å². The van der Waals surface area contributed by atoms with Gasteiger partial charge in [0.1, 0.15) is 0 Å². The highest BCUT2D eigenvalue weighted by Gasteiger charge is 2.17. The fraction of sp³-hybridized carbons (Fsp3) is 0.193. The van der Waals surface area contributed by atoms with Crippen LogP contribution in [0.2, 0.25) is 0 Å². The van der Waals surface area contributed by atoms with E-state index in [9.17, 15) is 0 Å². The van der Waals surface area contributed by atoms with E-state index in [1.54, 1.807) is 6.08 Å². The van der Waals surface area contributed by atoms with E-state index in [2.05, 4.69) is 279 Å². The maximum absolute atomic E-state index is 4.15. The van der Waals surface area contributed by atoms with Crippen molar-refractivity contribution in [2.75, 3.05) is 0 Å². The summed E-state index contributed by atoms with van der Waals surface area (Å²) in [6.45, 7) is 48.9. The number of aliphatic imine (C=N–C) groups is 1. The molecule has 1 unspecified atom stereocenters. The molecule has 0 heterocycles. The molecule has 2 heteroatoms. The Labute approximate surface area is 515 Å². The van der Waals surface area contributed by atoms with Gasteiger partial charge in [-0.25, -0.2) is 0 Å². The highest BCUT2D eigenvalue weighted by Crippen LogP contribution is 2.36. The normalized spacial score (nSPS) is 13.2. The molecule has 85 heavy (non-hydrogen) atoms. The largest absolute Gasteiger partial charge is 0.381 e. The predicted octanol–water partition coefficient (Wildman–Crippen LogP) is 24.2. The van der Waals surface area contributed by atoms with Gasteiger partial charge in [0.25, 0.3) is 0 Å². The first-order chi connectivity index (χ1) is 41.3. The highest BCUT2D eigenvalue weighted by atomic mass is 14.9. The molecule has 7 aromatic rings. The average Bonchev–Trinajstić information content (AvgIpc) is 3.58. The van der Waals surface area contributed by atoms with Gasteiger partial charge in [-0.05, 0) is 186 Å². The van der Waals surface area contributed by atoms with Crippen molar-refractivity contribution in [3.05, 3.63) is 343 Å². The van der Waals surface area contributed by atoms with Crippen LogP contribution in [-0.2, 0) is 13.0 Å². The molecule has 1 aliphatic rings. The Kier molecular flexibility index (Phi) is 32.5. The Morgan fingerprint density at radius 2 is 1.20 bits per heavy atom. The fourth-order valence-electron chi connectivity index (χ4n) is 9.79. The summed E-state index contributed by atoms with van der Waals surface area (Å²) in [4.78, 5) is 3.88. The standard InChI is InChI=1S/C44H47N.C23H22.C10H11N.2C2H6.C2H4/c1-8-11-12-13-14-17-33(6)44(37(15-9-2)16-10-3)45-31-35-18-20-36(21-19-35)39-22-23-42-30-40(24-25-41(42)29-39)38-26-27-43(32(4)5)34(7)28-38;1-18-11-9-10-16-22(18)17-23(21-14-7-4-8-15-21)19(2)20-12-5-3-6-13-20;1-8(2)9-6-4-5-7-10(9)11-3;3*1-2/h8-16,18-27,29-30,34,45H,1-2,4,17,28,31H2,3,5-7H3;3-16H,17H2,1-2H3;4-7H,1,3H2,2H3;2*1-2H3;1-2H2/b12-11-,14-13-,16-10-,37-15+,44-33+;23-19-;;;;. The third-order valence-electron chi connectivity index (χ3n) is 14.2. The number of nitrogens with zero attached hydrogens (tertiary/aromatic N) is 1. The maximum atomic E-state index is 4.15. The van der Waals surface area contributed by atoms with Gasteiger partial charge in [0.15, 0.2) is 0 Å². The fourth-order valence-corrected chi connectivity index (χ4v) is 9.79. The number of fused-ring (bicyclic) bond motifs is 1. The van der Waals surface area contributed by atoms with E-state index in [-0.39, 0.29) is 0 Å². The average molecular weight is 1120 g/mol. The number of allylic oxidation sites excluding steroid dienone is 18. The Bertz CT molecular complexity index is 3510. The molecule has 1 N–H and O–H groups in total. The zero-order valence-corrected chi connectivity index (χ0v) is 53.3. The van der Waals surface area contributed by atoms with Gasteiger partial charge in [-0.15, -0.1) is 13.2 Å². The van der Waals surface area contributed by atoms with E-state index >= 15 is 0 Å². The van der Waals surface area contributed by atoms with Gasteiger partial charge < -0.3 is 5.32 Å². The van der Waals surface area contributed by atoms with Gasteiger partial charge >= 0.3 is 0 Å². The lowest BCUT2D eigenvalue weighted by Gasteiger charge is -2.22. The van der Waals surface area contributed by atoms with Crippen molar-refractivity contribution >= 4 is 45.5 Å². The number of rotatable bonds is 19. The molecule has 0 radical (unpaired) electrons. The predicted molar refractivity (Wildman–Crippen MR) is 384 cm³/mol. The van der Waals surface area contributed by atoms with Crippen molar-refractivity contribution in [2.45, 2.75) is 102 Å². The third kappa shape index (κ3) is 22.2. The van der Waals surface area contributed by atoms with Crippen molar-refractivity contribution < 1.29 is 0 Å². The second kappa shape index (κ2) is 39.4. The Balaban J connectivity index is 0.000000389. The van der Waals surface area contributed by atoms with E-state index in [0.717, 1.165) is 53.9 Å². The van der Waals surface area contributed by atoms with Gasteiger partial charge in [-0.1, -0.05) is 285 Å². The Hall–Kier alpha value is -9.11. The quantitative estimate of drug-likeness (QED) is 0.0371. The first kappa shape index (κ1) is 70.2. The van der Waals surface area contributed by atoms with E-state index < -0.39 is 0 Å². The maximum Gasteiger partial charge on any atom is 0.0697 e. The van der Waals surface area contributed by atoms with Crippen LogP contribution >= 0.6 is 0 Å². The molecule has 0 spiro atoms. The number of benzene rings is 7. The van der Waals surface area contributed by atoms with Gasteiger partial charge in [-0.3, -0.25) is 4.99 Å². The lowest BCUT2D eigenvalue weighted by atomic mass is 9.83. The van der Waals surface area contributed by atoms with Crippen LogP contribution in [-0.4, -0.2) is 6.72 Å². The Morgan fingerprint density at radius 3 is 1.76 bits per heavy atom. The number of nitrogens with one attached hydrogen (secondary N) is 1. The number of hydrogen-bond acceptors (Lipinski definition) is 2. The number of hydrogen-bond donors (Lipinski definition) is 1. The highest BCUT2D eigenvalue weighted by molar-refractivity contribution is 5.92. The van der Waals surface area contributed by atoms with Crippen LogP contribution in [0.25, 0.3) is 44.2 Å². The second-order valence-corrected chi connectivity index (χ2v) is 20.2. The SMILES string of the molecule is C/C(=C(\Cc1ccccc1C)c1ccccc1)c1ccccc1.C=C.C=C/C=C\C=C/C\C(C)=C(NCc1ccc(-c2ccc3cc(C4=CC=C(C(=C)C)C(C)C4)ccc3c2)cc1)/C(/C=C\C)=C/C=C.C=Nc1ccccc1C(=C)C.CC.CC. The molecule has 0 fully saturated rings. The molecule has 1 aliphatic carbocycles. The third-order valence-corrected chi connectivity index (χ3v) is 14.2. The summed E-state index contributed by atoms with van der Waals surface area (Å²) in [5, 5.41) is 6.24. The molecule has 2 nitrogen and oxygen atoms in total. The first-order valence-corrected chi connectivity index (χ1v) is 30.0. The van der Waals surface area contributed by atoms with Gasteiger partial charge in [-0.2, -0.15) is 0 Å². The van der Waals surface area contributed by atoms with Crippen LogP contribution in [0.15, 0.2) is 309 Å². The smallest absolute Gasteiger partial charge is 0.0697 e. The molecular formula is C83H96N2. The van der Waals surface area contributed by atoms with E-state index in [1.807, 2.05) is 84.0 Å². The molecule has 0 amide bonds. The molecule has 1 atom stereocenters. The summed E-state index contributed by atoms with van der Waals surface area (Å²) in [6.07, 6.45) is 25.4. The molecule has 7 aromatic carbocycles. The summed E-state index contributed by atoms with van der Waals surface area (Å²) in [7, 11) is 0. The molecule has 0 saturated carbocycles. The number of para-hydroxylation sites is 1. The van der Waals surface area contributed by atoms with Crippen LogP contribution in [0.1, 0.15) is 121 Å². The minimum atomic E-state index is 0.497. The summed E-state index contributed by atoms with van der Waals surface area (Å²) < 4.78 is 0. The van der Waals surface area contributed by atoms with Crippen molar-refractivity contribution in [3.63, 3.8) is 0 Å². The van der Waals surface area contributed by atoms with Crippen LogP contribution < -0.4 is 5.32 Å². The zero-order chi connectivity index (χ0) is 62.5. The van der Waals surface area contributed by atoms with Gasteiger partial charge in [0.2, 0.25) is 0 Å². The van der Waals surface area contributed by atoms with Crippen LogP contribution in [0.4, 0.5) is 5.69 Å². The van der Waals surface area contributed by atoms with Crippen LogP contribution in [0.5, 0.6) is 0 Å². The van der Waals surface area contributed by atoms with E-state index in [4.69, 9.17) is 0 Å². The van der Waals surface area contributed by atoms with Crippen molar-refractivity contribution in [1.82, 2.24) is 5.32 Å². The van der Waals surface area contributed by atoms with Crippen molar-refractivity contribution in [3.8, 4) is 11.1 Å². The second-order valence-electron chi connectivity index (χ2n) is 20.2. The summed E-state index contributed by atoms with van der Waals surface area (Å²) in [5.41, 5.74) is 23.5. The van der Waals surface area contributed by atoms with Gasteiger partial charge in [0.05, 0.1) is 5.69 Å². The molecule has 0 bridgehead atoms. The molecular weight excluding hydrogens is 1020 g/mol. The topological polar surface area (TPSA) is 24.4 Å². The summed E-state index contributed by atoms with van der Waals surface area (Å²) in [6, 6.07) is 60.4. The minimum Gasteiger partial charge on any atom is -0.381 e. The summed E-state index contributed by atoms with van der Waals surface area (Å²) in [5.74, 6) is 0.497. The molecule has 0 aromatic heterocycles. The van der Waals surface area contributed by atoms with Crippen LogP contribution in [0.3, 0.4) is 0 Å². The number of aryl methyl sites for hydroxylation is 1. The molecule has 0 aliphatic heterocycles. The van der Waals surface area contributed by atoms with Crippen molar-refractivity contribution in [2.24, 2.45) is 10.9 Å². The first-order valence-electron chi connectivity index (χ1n) is 30.0.